The lowest BCUT2D eigenvalue weighted by Gasteiger charge is -2.13. The number of aromatic hydroxyl groups is 2. The quantitative estimate of drug-likeness (QED) is 0.192. The second kappa shape index (κ2) is 9.99. The van der Waals surface area contributed by atoms with Gasteiger partial charge in [0.25, 0.3) is 0 Å². The highest BCUT2D eigenvalue weighted by atomic mass is 32.2. The molecule has 0 radical (unpaired) electrons. The molecule has 1 aromatic heterocycles. The monoisotopic (exact) mass is 482 g/mol. The van der Waals surface area contributed by atoms with Crippen molar-refractivity contribution in [2.75, 3.05) is 5.75 Å². The summed E-state index contributed by atoms with van der Waals surface area (Å²) in [6.45, 7) is 0. The van der Waals surface area contributed by atoms with Crippen molar-refractivity contribution in [3.05, 3.63) is 113 Å². The summed E-state index contributed by atoms with van der Waals surface area (Å²) in [6.07, 6.45) is 0.980. The van der Waals surface area contributed by atoms with Crippen molar-refractivity contribution in [2.24, 2.45) is 0 Å². The van der Waals surface area contributed by atoms with Crippen molar-refractivity contribution < 1.29 is 19.4 Å². The van der Waals surface area contributed by atoms with E-state index in [1.165, 1.54) is 17.7 Å². The number of ether oxygens (including phenoxy) is 1. The third-order valence-corrected chi connectivity index (χ3v) is 6.57. The van der Waals surface area contributed by atoms with Crippen molar-refractivity contribution in [2.45, 2.75) is 11.3 Å². The van der Waals surface area contributed by atoms with E-state index in [0.29, 0.717) is 22.3 Å². The predicted octanol–water partition coefficient (Wildman–Crippen LogP) is 7.00. The van der Waals surface area contributed by atoms with Crippen LogP contribution in [0.5, 0.6) is 23.0 Å². The zero-order valence-corrected chi connectivity index (χ0v) is 19.5. The molecule has 0 unspecified atom stereocenters. The molecule has 4 aromatic carbocycles. The maximum atomic E-state index is 12.9. The summed E-state index contributed by atoms with van der Waals surface area (Å²) >= 11 is 1.75. The Labute approximate surface area is 206 Å². The van der Waals surface area contributed by atoms with Gasteiger partial charge in [-0.2, -0.15) is 0 Å². The van der Waals surface area contributed by atoms with Crippen LogP contribution < -0.4 is 10.4 Å². The average Bonchev–Trinajstić information content (AvgIpc) is 2.87. The highest BCUT2D eigenvalue weighted by molar-refractivity contribution is 7.99. The fourth-order valence-corrected chi connectivity index (χ4v) is 4.74. The van der Waals surface area contributed by atoms with E-state index in [0.717, 1.165) is 17.1 Å². The molecule has 0 saturated carbocycles. The number of thioether (sulfide) groups is 1. The first kappa shape index (κ1) is 22.6. The maximum absolute atomic E-state index is 12.9. The first-order chi connectivity index (χ1) is 17.1. The van der Waals surface area contributed by atoms with Crippen LogP contribution in [0.15, 0.2) is 111 Å². The zero-order valence-electron chi connectivity index (χ0n) is 18.7. The van der Waals surface area contributed by atoms with Gasteiger partial charge in [-0.15, -0.1) is 11.8 Å². The van der Waals surface area contributed by atoms with Gasteiger partial charge < -0.3 is 19.4 Å². The molecule has 35 heavy (non-hydrogen) atoms. The number of phenolic OH excluding ortho intramolecular Hbond substituents is 2. The molecular formula is C29H22O5S. The summed E-state index contributed by atoms with van der Waals surface area (Å²) in [7, 11) is 0. The molecular weight excluding hydrogens is 460 g/mol. The van der Waals surface area contributed by atoms with Gasteiger partial charge in [0.05, 0.1) is 0 Å². The van der Waals surface area contributed by atoms with Crippen LogP contribution in [0.25, 0.3) is 22.1 Å². The summed E-state index contributed by atoms with van der Waals surface area (Å²) < 4.78 is 11.5. The zero-order chi connectivity index (χ0) is 24.2. The molecule has 0 amide bonds. The van der Waals surface area contributed by atoms with Gasteiger partial charge in [-0.05, 0) is 66.1 Å². The first-order valence-electron chi connectivity index (χ1n) is 11.1. The van der Waals surface area contributed by atoms with E-state index >= 15 is 0 Å². The smallest absolute Gasteiger partial charge is 0.380 e. The molecule has 6 heteroatoms. The molecule has 0 atom stereocenters. The molecule has 0 fully saturated rings. The van der Waals surface area contributed by atoms with Crippen molar-refractivity contribution in [1.29, 1.82) is 0 Å². The summed E-state index contributed by atoms with van der Waals surface area (Å²) in [4.78, 5) is 14.0. The molecule has 5 nitrogen and oxygen atoms in total. The van der Waals surface area contributed by atoms with Crippen LogP contribution in [0, 0.1) is 0 Å². The van der Waals surface area contributed by atoms with Crippen molar-refractivity contribution in [3.8, 4) is 34.1 Å². The number of hydrogen-bond acceptors (Lipinski definition) is 6. The van der Waals surface area contributed by atoms with Crippen molar-refractivity contribution in [3.63, 3.8) is 0 Å². The number of fused-ring (bicyclic) bond motifs is 1. The normalized spacial score (nSPS) is 11.0. The Kier molecular flexibility index (Phi) is 6.46. The van der Waals surface area contributed by atoms with E-state index in [2.05, 4.69) is 12.1 Å². The van der Waals surface area contributed by atoms with Gasteiger partial charge in [-0.1, -0.05) is 42.5 Å². The summed E-state index contributed by atoms with van der Waals surface area (Å²) in [5, 5.41) is 20.2. The second-order valence-corrected chi connectivity index (χ2v) is 9.15. The highest BCUT2D eigenvalue weighted by Crippen LogP contribution is 2.38. The number of rotatable bonds is 7. The van der Waals surface area contributed by atoms with Gasteiger partial charge >= 0.3 is 5.63 Å². The highest BCUT2D eigenvalue weighted by Gasteiger charge is 2.19. The molecule has 0 aliphatic rings. The van der Waals surface area contributed by atoms with E-state index in [1.54, 1.807) is 42.1 Å². The number of hydrogen-bond donors (Lipinski definition) is 2. The van der Waals surface area contributed by atoms with Crippen LogP contribution in [0.1, 0.15) is 5.56 Å². The molecule has 174 valence electrons. The Morgan fingerprint density at radius 3 is 2.26 bits per heavy atom. The SMILES string of the molecule is O=c1oc2cc(O)ccc2c(-c2ccc(O)cc2)c1Oc1ccc(SCCc2ccccc2)cc1. The number of aryl methyl sites for hydroxylation is 1. The van der Waals surface area contributed by atoms with Gasteiger partial charge in [0.15, 0.2) is 0 Å². The fourth-order valence-electron chi connectivity index (χ4n) is 3.83. The fraction of sp³-hybridized carbons (Fsp3) is 0.0690. The average molecular weight is 483 g/mol. The molecule has 0 bridgehead atoms. The second-order valence-electron chi connectivity index (χ2n) is 7.98. The van der Waals surface area contributed by atoms with E-state index in [9.17, 15) is 15.0 Å². The lowest BCUT2D eigenvalue weighted by molar-refractivity contribution is 0.437. The van der Waals surface area contributed by atoms with Crippen molar-refractivity contribution in [1.82, 2.24) is 0 Å². The third-order valence-electron chi connectivity index (χ3n) is 5.55. The van der Waals surface area contributed by atoms with E-state index in [1.807, 2.05) is 42.5 Å². The third kappa shape index (κ3) is 5.18. The van der Waals surface area contributed by atoms with Gasteiger partial charge in [0.2, 0.25) is 5.75 Å². The molecule has 5 rings (SSSR count). The van der Waals surface area contributed by atoms with Gasteiger partial charge in [0, 0.05) is 27.7 Å². The van der Waals surface area contributed by atoms with Crippen molar-refractivity contribution >= 4 is 22.7 Å². The van der Waals surface area contributed by atoms with Crippen LogP contribution in [0.2, 0.25) is 0 Å². The molecule has 2 N–H and O–H groups in total. The summed E-state index contributed by atoms with van der Waals surface area (Å²) in [5.41, 5.74) is 2.09. The van der Waals surface area contributed by atoms with Crippen LogP contribution in [-0.2, 0) is 6.42 Å². The molecule has 5 aromatic rings. The van der Waals surface area contributed by atoms with Gasteiger partial charge in [0.1, 0.15) is 22.8 Å². The summed E-state index contributed by atoms with van der Waals surface area (Å²) in [5.74, 6) is 1.60. The van der Waals surface area contributed by atoms with Crippen LogP contribution >= 0.6 is 11.8 Å². The number of phenols is 2. The minimum atomic E-state index is -0.660. The Morgan fingerprint density at radius 2 is 1.51 bits per heavy atom. The topological polar surface area (TPSA) is 79.9 Å². The van der Waals surface area contributed by atoms with Gasteiger partial charge in [-0.25, -0.2) is 4.79 Å². The molecule has 0 saturated heterocycles. The van der Waals surface area contributed by atoms with Gasteiger partial charge in [-0.3, -0.25) is 0 Å². The Hall–Kier alpha value is -4.16. The lowest BCUT2D eigenvalue weighted by atomic mass is 10.0. The minimum absolute atomic E-state index is 0.00803. The van der Waals surface area contributed by atoms with Crippen LogP contribution in [0.4, 0.5) is 0 Å². The standard InChI is InChI=1S/C29H22O5S/c30-21-8-6-20(7-9-21)27-25-15-10-22(31)18-26(25)34-29(32)28(27)33-23-11-13-24(14-12-23)35-17-16-19-4-2-1-3-5-19/h1-15,18,30-31H,16-17H2. The van der Waals surface area contributed by atoms with Crippen LogP contribution in [-0.4, -0.2) is 16.0 Å². The number of benzene rings is 4. The van der Waals surface area contributed by atoms with E-state index < -0.39 is 5.63 Å². The van der Waals surface area contributed by atoms with E-state index in [-0.39, 0.29) is 22.8 Å². The largest absolute Gasteiger partial charge is 0.508 e. The maximum Gasteiger partial charge on any atom is 0.380 e. The molecule has 0 aliphatic carbocycles. The molecule has 0 spiro atoms. The Balaban J connectivity index is 1.43. The molecule has 0 aliphatic heterocycles. The lowest BCUT2D eigenvalue weighted by Crippen LogP contribution is -2.06. The summed E-state index contributed by atoms with van der Waals surface area (Å²) in [6, 6.07) is 29.0. The predicted molar refractivity (Wildman–Crippen MR) is 139 cm³/mol. The Morgan fingerprint density at radius 1 is 0.800 bits per heavy atom. The van der Waals surface area contributed by atoms with E-state index in [4.69, 9.17) is 9.15 Å². The minimum Gasteiger partial charge on any atom is -0.508 e. The Bertz CT molecular complexity index is 1510. The molecule has 1 heterocycles. The van der Waals surface area contributed by atoms with Crippen LogP contribution in [0.3, 0.4) is 0 Å². The first-order valence-corrected chi connectivity index (χ1v) is 12.1.